The number of H-pyrrole nitrogens is 1. The largest absolute Gasteiger partial charge is 0.363 e. The zero-order chi connectivity index (χ0) is 14.8. The first-order chi connectivity index (χ1) is 10.2. The third-order valence-electron chi connectivity index (χ3n) is 3.31. The number of halogens is 1. The number of rotatable bonds is 5. The van der Waals surface area contributed by atoms with Crippen molar-refractivity contribution in [3.8, 4) is 0 Å². The number of hydrogen-bond acceptors (Lipinski definition) is 5. The van der Waals surface area contributed by atoms with Crippen LogP contribution in [0.3, 0.4) is 0 Å². The molecule has 0 saturated carbocycles. The van der Waals surface area contributed by atoms with E-state index in [0.29, 0.717) is 17.9 Å². The lowest BCUT2D eigenvalue weighted by Crippen LogP contribution is -2.24. The van der Waals surface area contributed by atoms with Crippen molar-refractivity contribution in [2.45, 2.75) is 6.29 Å². The molecule has 110 valence electrons. The SMILES string of the molecule is COC(CNc1ncnc2c1[nH]c1ccc(F)cc12)OC. The molecular weight excluding hydrogens is 275 g/mol. The van der Waals surface area contributed by atoms with Crippen LogP contribution in [0.5, 0.6) is 0 Å². The average molecular weight is 290 g/mol. The third kappa shape index (κ3) is 2.53. The highest BCUT2D eigenvalue weighted by Gasteiger charge is 2.12. The van der Waals surface area contributed by atoms with E-state index in [1.54, 1.807) is 20.3 Å². The Morgan fingerprint density at radius 3 is 2.86 bits per heavy atom. The number of ether oxygens (including phenoxy) is 2. The molecule has 0 aliphatic heterocycles. The van der Waals surface area contributed by atoms with Gasteiger partial charge >= 0.3 is 0 Å². The van der Waals surface area contributed by atoms with Crippen LogP contribution in [-0.4, -0.2) is 42.0 Å². The molecule has 3 rings (SSSR count). The first kappa shape index (κ1) is 13.7. The molecule has 0 spiro atoms. The Hall–Kier alpha value is -2.25. The first-order valence-corrected chi connectivity index (χ1v) is 6.44. The predicted molar refractivity (Wildman–Crippen MR) is 77.6 cm³/mol. The van der Waals surface area contributed by atoms with Crippen LogP contribution < -0.4 is 5.32 Å². The summed E-state index contributed by atoms with van der Waals surface area (Å²) in [5, 5.41) is 3.87. The number of benzene rings is 1. The molecule has 2 N–H and O–H groups in total. The van der Waals surface area contributed by atoms with Gasteiger partial charge in [0.05, 0.1) is 6.54 Å². The molecule has 7 heteroatoms. The van der Waals surface area contributed by atoms with Crippen LogP contribution in [0.4, 0.5) is 10.2 Å². The highest BCUT2D eigenvalue weighted by Crippen LogP contribution is 2.27. The zero-order valence-corrected chi connectivity index (χ0v) is 11.7. The van der Waals surface area contributed by atoms with Gasteiger partial charge in [-0.2, -0.15) is 0 Å². The Labute approximate surface area is 120 Å². The molecule has 6 nitrogen and oxygen atoms in total. The number of aromatic amines is 1. The molecule has 0 aliphatic rings. The van der Waals surface area contributed by atoms with Crippen molar-refractivity contribution < 1.29 is 13.9 Å². The number of anilines is 1. The summed E-state index contributed by atoms with van der Waals surface area (Å²) in [5.41, 5.74) is 2.21. The molecule has 0 aliphatic carbocycles. The lowest BCUT2D eigenvalue weighted by molar-refractivity contribution is -0.0914. The quantitative estimate of drug-likeness (QED) is 0.705. The molecule has 21 heavy (non-hydrogen) atoms. The minimum atomic E-state index is -0.378. The molecule has 0 radical (unpaired) electrons. The molecule has 0 amide bonds. The van der Waals surface area contributed by atoms with E-state index in [0.717, 1.165) is 16.4 Å². The normalized spacial score (nSPS) is 11.6. The molecule has 0 atom stereocenters. The van der Waals surface area contributed by atoms with Crippen LogP contribution in [-0.2, 0) is 9.47 Å². The van der Waals surface area contributed by atoms with Crippen molar-refractivity contribution in [1.29, 1.82) is 0 Å². The minimum Gasteiger partial charge on any atom is -0.363 e. The maximum absolute atomic E-state index is 13.4. The number of fused-ring (bicyclic) bond motifs is 3. The fourth-order valence-electron chi connectivity index (χ4n) is 2.24. The van der Waals surface area contributed by atoms with Crippen molar-refractivity contribution in [1.82, 2.24) is 15.0 Å². The van der Waals surface area contributed by atoms with E-state index < -0.39 is 0 Å². The Bertz CT molecular complexity index is 770. The van der Waals surface area contributed by atoms with Crippen molar-refractivity contribution >= 4 is 27.8 Å². The van der Waals surface area contributed by atoms with E-state index in [9.17, 15) is 4.39 Å². The van der Waals surface area contributed by atoms with Gasteiger partial charge in [0.2, 0.25) is 0 Å². The van der Waals surface area contributed by atoms with Gasteiger partial charge in [0.1, 0.15) is 23.2 Å². The maximum atomic E-state index is 13.4. The summed E-state index contributed by atoms with van der Waals surface area (Å²) < 4.78 is 23.6. The van der Waals surface area contributed by atoms with Gasteiger partial charge in [-0.25, -0.2) is 14.4 Å². The van der Waals surface area contributed by atoms with Gasteiger partial charge < -0.3 is 19.8 Å². The third-order valence-corrected chi connectivity index (χ3v) is 3.31. The summed E-state index contributed by atoms with van der Waals surface area (Å²) in [6, 6.07) is 4.55. The van der Waals surface area contributed by atoms with Crippen LogP contribution in [0.15, 0.2) is 24.5 Å². The van der Waals surface area contributed by atoms with Gasteiger partial charge in [-0.05, 0) is 18.2 Å². The first-order valence-electron chi connectivity index (χ1n) is 6.44. The number of nitrogens with one attached hydrogen (secondary N) is 2. The lowest BCUT2D eigenvalue weighted by atomic mass is 10.2. The van der Waals surface area contributed by atoms with E-state index in [1.807, 2.05) is 0 Å². The molecule has 0 saturated heterocycles. The van der Waals surface area contributed by atoms with Crippen LogP contribution in [0, 0.1) is 5.82 Å². The Kier molecular flexibility index (Phi) is 3.68. The van der Waals surface area contributed by atoms with Gasteiger partial charge in [-0.1, -0.05) is 0 Å². The number of hydrogen-bond donors (Lipinski definition) is 2. The second kappa shape index (κ2) is 5.63. The summed E-state index contributed by atoms with van der Waals surface area (Å²) >= 11 is 0. The summed E-state index contributed by atoms with van der Waals surface area (Å²) in [7, 11) is 3.13. The van der Waals surface area contributed by atoms with Crippen LogP contribution in [0.1, 0.15) is 0 Å². The molecule has 0 fully saturated rings. The molecule has 2 aromatic heterocycles. The Morgan fingerprint density at radius 1 is 1.29 bits per heavy atom. The van der Waals surface area contributed by atoms with E-state index in [4.69, 9.17) is 9.47 Å². The van der Waals surface area contributed by atoms with Gasteiger partial charge in [-0.3, -0.25) is 0 Å². The molecular formula is C14H15FN4O2. The van der Waals surface area contributed by atoms with Crippen molar-refractivity contribution in [3.05, 3.63) is 30.3 Å². The highest BCUT2D eigenvalue weighted by molar-refractivity contribution is 6.07. The van der Waals surface area contributed by atoms with E-state index in [2.05, 4.69) is 20.3 Å². The second-order valence-electron chi connectivity index (χ2n) is 4.54. The number of aromatic nitrogens is 3. The average Bonchev–Trinajstić information content (AvgIpc) is 2.87. The van der Waals surface area contributed by atoms with Gasteiger partial charge in [0.15, 0.2) is 12.1 Å². The second-order valence-corrected chi connectivity index (χ2v) is 4.54. The fourth-order valence-corrected chi connectivity index (χ4v) is 2.24. The van der Waals surface area contributed by atoms with Gasteiger partial charge in [0.25, 0.3) is 0 Å². The monoisotopic (exact) mass is 290 g/mol. The topological polar surface area (TPSA) is 72.1 Å². The molecule has 0 bridgehead atoms. The summed E-state index contributed by atoms with van der Waals surface area (Å²) in [6.07, 6.45) is 1.06. The Morgan fingerprint density at radius 2 is 2.10 bits per heavy atom. The summed E-state index contributed by atoms with van der Waals surface area (Å²) in [6.45, 7) is 0.433. The van der Waals surface area contributed by atoms with Crippen molar-refractivity contribution in [2.75, 3.05) is 26.1 Å². The molecule has 0 unspecified atom stereocenters. The Balaban J connectivity index is 2.01. The highest BCUT2D eigenvalue weighted by atomic mass is 19.1. The molecule has 3 aromatic rings. The van der Waals surface area contributed by atoms with Crippen LogP contribution >= 0.6 is 0 Å². The van der Waals surface area contributed by atoms with Crippen LogP contribution in [0.2, 0.25) is 0 Å². The van der Waals surface area contributed by atoms with E-state index >= 15 is 0 Å². The lowest BCUT2D eigenvalue weighted by Gasteiger charge is -2.14. The smallest absolute Gasteiger partial charge is 0.173 e. The fraction of sp³-hybridized carbons (Fsp3) is 0.286. The van der Waals surface area contributed by atoms with E-state index in [1.165, 1.54) is 18.5 Å². The van der Waals surface area contributed by atoms with Gasteiger partial charge in [0, 0.05) is 25.1 Å². The minimum absolute atomic E-state index is 0.296. The maximum Gasteiger partial charge on any atom is 0.173 e. The van der Waals surface area contributed by atoms with E-state index in [-0.39, 0.29) is 12.1 Å². The molecule has 1 aromatic carbocycles. The summed E-state index contributed by atoms with van der Waals surface area (Å²) in [5.74, 6) is 0.325. The van der Waals surface area contributed by atoms with Gasteiger partial charge in [-0.15, -0.1) is 0 Å². The molecule has 2 heterocycles. The standard InChI is InChI=1S/C14H15FN4O2/c1-20-11(21-2)6-16-14-13-12(17-7-18-14)9-5-8(15)3-4-10(9)19-13/h3-5,7,11,19H,6H2,1-2H3,(H,16,17,18). The zero-order valence-electron chi connectivity index (χ0n) is 11.7. The van der Waals surface area contributed by atoms with Crippen LogP contribution in [0.25, 0.3) is 21.9 Å². The number of nitrogens with zero attached hydrogens (tertiary/aromatic N) is 2. The van der Waals surface area contributed by atoms with Crippen molar-refractivity contribution in [2.24, 2.45) is 0 Å². The summed E-state index contributed by atoms with van der Waals surface area (Å²) in [4.78, 5) is 11.6. The number of methoxy groups -OCH3 is 2. The predicted octanol–water partition coefficient (Wildman–Crippen LogP) is 2.28. The van der Waals surface area contributed by atoms with Crippen molar-refractivity contribution in [3.63, 3.8) is 0 Å².